The Morgan fingerprint density at radius 1 is 1.55 bits per heavy atom. The van der Waals surface area contributed by atoms with Gasteiger partial charge in [0.25, 0.3) is 5.56 Å². The SMILES string of the molecule is C=CCn1ncc(NC(C)CN(CC)CC)c(Cl)c1=O. The molecule has 1 rings (SSSR count). The first kappa shape index (κ1) is 16.7. The highest BCUT2D eigenvalue weighted by molar-refractivity contribution is 6.32. The number of aromatic nitrogens is 2. The van der Waals surface area contributed by atoms with Crippen molar-refractivity contribution in [2.24, 2.45) is 0 Å². The van der Waals surface area contributed by atoms with Gasteiger partial charge in [0.15, 0.2) is 0 Å². The van der Waals surface area contributed by atoms with Gasteiger partial charge in [-0.2, -0.15) is 5.10 Å². The van der Waals surface area contributed by atoms with E-state index in [2.05, 4.69) is 42.7 Å². The van der Waals surface area contributed by atoms with Gasteiger partial charge < -0.3 is 10.2 Å². The van der Waals surface area contributed by atoms with Crippen LogP contribution in [0.3, 0.4) is 0 Å². The van der Waals surface area contributed by atoms with E-state index in [0.29, 0.717) is 12.2 Å². The fourth-order valence-corrected chi connectivity index (χ4v) is 2.20. The maximum Gasteiger partial charge on any atom is 0.287 e. The number of halogens is 1. The zero-order valence-corrected chi connectivity index (χ0v) is 13.2. The highest BCUT2D eigenvalue weighted by atomic mass is 35.5. The van der Waals surface area contributed by atoms with E-state index in [0.717, 1.165) is 19.6 Å². The standard InChI is InChI=1S/C14H23ClN4O/c1-5-8-19-14(20)13(15)12(9-16-19)17-11(4)10-18(6-2)7-3/h5,9,11,17H,1,6-8,10H2,2-4H3. The molecule has 0 radical (unpaired) electrons. The average molecular weight is 299 g/mol. The van der Waals surface area contributed by atoms with Crippen LogP contribution in [0, 0.1) is 0 Å². The van der Waals surface area contributed by atoms with Crippen LogP contribution in [-0.4, -0.2) is 40.4 Å². The molecule has 5 nitrogen and oxygen atoms in total. The first-order valence-corrected chi connectivity index (χ1v) is 7.26. The summed E-state index contributed by atoms with van der Waals surface area (Å²) in [6.45, 7) is 13.1. The van der Waals surface area contributed by atoms with Crippen LogP contribution in [0.2, 0.25) is 5.02 Å². The van der Waals surface area contributed by atoms with Crippen molar-refractivity contribution in [1.29, 1.82) is 0 Å². The summed E-state index contributed by atoms with van der Waals surface area (Å²) in [5, 5.41) is 7.49. The topological polar surface area (TPSA) is 50.2 Å². The summed E-state index contributed by atoms with van der Waals surface area (Å²) in [6.07, 6.45) is 3.20. The second-order valence-corrected chi connectivity index (χ2v) is 5.06. The van der Waals surface area contributed by atoms with Crippen LogP contribution in [0.4, 0.5) is 5.69 Å². The van der Waals surface area contributed by atoms with Crippen LogP contribution >= 0.6 is 11.6 Å². The Morgan fingerprint density at radius 2 is 2.20 bits per heavy atom. The number of allylic oxidation sites excluding steroid dienone is 1. The lowest BCUT2D eigenvalue weighted by Crippen LogP contribution is -2.35. The average Bonchev–Trinajstić information content (AvgIpc) is 2.44. The molecule has 1 unspecified atom stereocenters. The lowest BCUT2D eigenvalue weighted by molar-refractivity contribution is 0.295. The summed E-state index contributed by atoms with van der Waals surface area (Å²) < 4.78 is 1.29. The minimum absolute atomic E-state index is 0.174. The molecule has 0 aliphatic carbocycles. The summed E-state index contributed by atoms with van der Waals surface area (Å²) in [5.74, 6) is 0. The smallest absolute Gasteiger partial charge is 0.287 e. The van der Waals surface area contributed by atoms with E-state index in [4.69, 9.17) is 11.6 Å². The number of hydrogen-bond donors (Lipinski definition) is 1. The maximum atomic E-state index is 12.0. The van der Waals surface area contributed by atoms with Crippen molar-refractivity contribution >= 4 is 17.3 Å². The Bertz CT molecular complexity index is 496. The van der Waals surface area contributed by atoms with E-state index in [-0.39, 0.29) is 16.6 Å². The molecule has 0 aliphatic heterocycles. The van der Waals surface area contributed by atoms with Gasteiger partial charge in [0.2, 0.25) is 0 Å². The number of hydrogen-bond acceptors (Lipinski definition) is 4. The van der Waals surface area contributed by atoms with Crippen LogP contribution in [0.5, 0.6) is 0 Å². The van der Waals surface area contributed by atoms with Crippen LogP contribution in [0.15, 0.2) is 23.6 Å². The molecule has 0 saturated carbocycles. The first-order valence-electron chi connectivity index (χ1n) is 6.88. The molecule has 20 heavy (non-hydrogen) atoms. The lowest BCUT2D eigenvalue weighted by Gasteiger charge is -2.24. The Kier molecular flexibility index (Phi) is 6.75. The largest absolute Gasteiger partial charge is 0.379 e. The fourth-order valence-electron chi connectivity index (χ4n) is 2.00. The second-order valence-electron chi connectivity index (χ2n) is 4.68. The highest BCUT2D eigenvalue weighted by Gasteiger charge is 2.12. The predicted octanol–water partition coefficient (Wildman–Crippen LogP) is 2.22. The summed E-state index contributed by atoms with van der Waals surface area (Å²) in [5.41, 5.74) is 0.281. The van der Waals surface area contributed by atoms with Gasteiger partial charge in [0.1, 0.15) is 5.02 Å². The van der Waals surface area contributed by atoms with Gasteiger partial charge in [-0.15, -0.1) is 6.58 Å². The van der Waals surface area contributed by atoms with Gasteiger partial charge >= 0.3 is 0 Å². The quantitative estimate of drug-likeness (QED) is 0.748. The molecule has 0 fully saturated rings. The molecule has 0 bridgehead atoms. The van der Waals surface area contributed by atoms with Crippen molar-refractivity contribution in [3.8, 4) is 0 Å². The van der Waals surface area contributed by atoms with Gasteiger partial charge in [0.05, 0.1) is 18.4 Å². The Morgan fingerprint density at radius 3 is 2.75 bits per heavy atom. The maximum absolute atomic E-state index is 12.0. The zero-order chi connectivity index (χ0) is 15.1. The Labute approximate surface area is 125 Å². The molecule has 112 valence electrons. The number of rotatable bonds is 8. The fraction of sp³-hybridized carbons (Fsp3) is 0.571. The molecule has 6 heteroatoms. The summed E-state index contributed by atoms with van der Waals surface area (Å²) in [4.78, 5) is 14.3. The van der Waals surface area contributed by atoms with E-state index < -0.39 is 0 Å². The minimum Gasteiger partial charge on any atom is -0.379 e. The van der Waals surface area contributed by atoms with Crippen molar-refractivity contribution < 1.29 is 0 Å². The minimum atomic E-state index is -0.299. The number of nitrogens with zero attached hydrogens (tertiary/aromatic N) is 3. The third-order valence-corrected chi connectivity index (χ3v) is 3.48. The Balaban J connectivity index is 2.80. The molecule has 1 N–H and O–H groups in total. The Hall–Kier alpha value is -1.33. The van der Waals surface area contributed by atoms with Crippen molar-refractivity contribution in [2.45, 2.75) is 33.4 Å². The van der Waals surface area contributed by atoms with Crippen molar-refractivity contribution in [3.63, 3.8) is 0 Å². The molecule has 1 atom stereocenters. The zero-order valence-electron chi connectivity index (χ0n) is 12.4. The summed E-state index contributed by atoms with van der Waals surface area (Å²) in [7, 11) is 0. The molecular formula is C14H23ClN4O. The molecule has 1 aromatic heterocycles. The van der Waals surface area contributed by atoms with Gasteiger partial charge in [-0.1, -0.05) is 31.5 Å². The van der Waals surface area contributed by atoms with Gasteiger partial charge in [-0.25, -0.2) is 4.68 Å². The predicted molar refractivity (Wildman–Crippen MR) is 84.6 cm³/mol. The van der Waals surface area contributed by atoms with Crippen molar-refractivity contribution in [1.82, 2.24) is 14.7 Å². The molecule has 0 saturated heterocycles. The number of nitrogens with one attached hydrogen (secondary N) is 1. The molecular weight excluding hydrogens is 276 g/mol. The lowest BCUT2D eigenvalue weighted by atomic mass is 10.3. The third kappa shape index (κ3) is 4.35. The van der Waals surface area contributed by atoms with E-state index in [9.17, 15) is 4.79 Å². The molecule has 0 aromatic carbocycles. The second kappa shape index (κ2) is 8.07. The van der Waals surface area contributed by atoms with Gasteiger partial charge in [-0.3, -0.25) is 4.79 Å². The third-order valence-electron chi connectivity index (χ3n) is 3.12. The first-order chi connectivity index (χ1) is 9.53. The summed E-state index contributed by atoms with van der Waals surface area (Å²) >= 11 is 6.10. The molecule has 1 aromatic rings. The highest BCUT2D eigenvalue weighted by Crippen LogP contribution is 2.16. The summed E-state index contributed by atoms with van der Waals surface area (Å²) in [6, 6.07) is 0.184. The van der Waals surface area contributed by atoms with Crippen LogP contribution in [-0.2, 0) is 6.54 Å². The van der Waals surface area contributed by atoms with Crippen molar-refractivity contribution in [2.75, 3.05) is 25.0 Å². The van der Waals surface area contributed by atoms with Gasteiger partial charge in [-0.05, 0) is 20.0 Å². The van der Waals surface area contributed by atoms with E-state index in [1.54, 1.807) is 12.3 Å². The van der Waals surface area contributed by atoms with E-state index in [1.807, 2.05) is 0 Å². The van der Waals surface area contributed by atoms with Crippen molar-refractivity contribution in [3.05, 3.63) is 34.2 Å². The van der Waals surface area contributed by atoms with Crippen LogP contribution in [0.1, 0.15) is 20.8 Å². The normalized spacial score (nSPS) is 12.4. The van der Waals surface area contributed by atoms with E-state index in [1.165, 1.54) is 4.68 Å². The van der Waals surface area contributed by atoms with Crippen LogP contribution in [0.25, 0.3) is 0 Å². The number of anilines is 1. The molecule has 1 heterocycles. The molecule has 0 aliphatic rings. The molecule has 0 amide bonds. The van der Waals surface area contributed by atoms with Gasteiger partial charge in [0, 0.05) is 12.6 Å². The van der Waals surface area contributed by atoms with E-state index >= 15 is 0 Å². The molecule has 0 spiro atoms. The van der Waals surface area contributed by atoms with Crippen LogP contribution < -0.4 is 10.9 Å². The number of likely N-dealkylation sites (N-methyl/N-ethyl adjacent to an activating group) is 1. The monoisotopic (exact) mass is 298 g/mol.